The van der Waals surface area contributed by atoms with Crippen LogP contribution in [0, 0.1) is 23.2 Å². The quantitative estimate of drug-likeness (QED) is 0.636. The van der Waals surface area contributed by atoms with Crippen molar-refractivity contribution in [3.8, 4) is 0 Å². The van der Waals surface area contributed by atoms with Gasteiger partial charge in [0.2, 0.25) is 15.9 Å². The van der Waals surface area contributed by atoms with Gasteiger partial charge in [-0.25, -0.2) is 13.1 Å². The van der Waals surface area contributed by atoms with Crippen LogP contribution in [-0.4, -0.2) is 19.6 Å². The van der Waals surface area contributed by atoms with Gasteiger partial charge in [-0.1, -0.05) is 60.7 Å². The molecule has 4 bridgehead atoms. The normalized spacial score (nSPS) is 29.6. The Kier molecular flexibility index (Phi) is 5.84. The second-order valence-electron chi connectivity index (χ2n) is 10.2. The first kappa shape index (κ1) is 21.7. The Labute approximate surface area is 191 Å². The molecule has 32 heavy (non-hydrogen) atoms. The molecule has 6 heteroatoms. The molecule has 2 aromatic carbocycles. The molecular formula is C26H32N2O3S. The van der Waals surface area contributed by atoms with Crippen LogP contribution in [0.3, 0.4) is 0 Å². The zero-order valence-corrected chi connectivity index (χ0v) is 19.2. The molecule has 2 N–H and O–H groups in total. The van der Waals surface area contributed by atoms with Gasteiger partial charge in [-0.05, 0) is 72.8 Å². The van der Waals surface area contributed by atoms with Gasteiger partial charge in [-0.2, -0.15) is 0 Å². The highest BCUT2D eigenvalue weighted by Crippen LogP contribution is 2.62. The zero-order chi connectivity index (χ0) is 22.2. The van der Waals surface area contributed by atoms with E-state index in [0.717, 1.165) is 30.4 Å². The minimum absolute atomic E-state index is 0.206. The summed E-state index contributed by atoms with van der Waals surface area (Å²) in [4.78, 5) is 13.6. The van der Waals surface area contributed by atoms with E-state index in [9.17, 15) is 13.2 Å². The molecule has 0 aliphatic heterocycles. The van der Waals surface area contributed by atoms with Crippen LogP contribution < -0.4 is 10.0 Å². The summed E-state index contributed by atoms with van der Waals surface area (Å²) >= 11 is 0. The van der Waals surface area contributed by atoms with Crippen LogP contribution in [-0.2, 0) is 27.9 Å². The van der Waals surface area contributed by atoms with E-state index in [1.165, 1.54) is 19.3 Å². The first-order valence-electron chi connectivity index (χ1n) is 11.8. The molecule has 1 atom stereocenters. The smallest absolute Gasteiger partial charge is 0.240 e. The van der Waals surface area contributed by atoms with Crippen molar-refractivity contribution in [3.05, 3.63) is 71.8 Å². The third-order valence-corrected chi connectivity index (χ3v) is 9.70. The molecule has 1 amide bonds. The van der Waals surface area contributed by atoms with E-state index < -0.39 is 20.7 Å². The summed E-state index contributed by atoms with van der Waals surface area (Å²) in [6, 6.07) is 19.2. The summed E-state index contributed by atoms with van der Waals surface area (Å²) in [5.74, 6) is 1.34. The molecule has 6 rings (SSSR count). The molecule has 0 heterocycles. The second-order valence-corrected chi connectivity index (χ2v) is 12.1. The average Bonchev–Trinajstić information content (AvgIpc) is 2.77. The molecule has 0 saturated heterocycles. The van der Waals surface area contributed by atoms with Crippen LogP contribution in [0.15, 0.2) is 60.7 Å². The number of hydrogen-bond acceptors (Lipinski definition) is 3. The number of hydrogen-bond donors (Lipinski definition) is 2. The fourth-order valence-electron chi connectivity index (χ4n) is 6.99. The number of nitrogens with one attached hydrogen (secondary N) is 2. The largest absolute Gasteiger partial charge is 0.351 e. The number of carbonyl (C=O) groups excluding carboxylic acids is 1. The number of rotatable bonds is 8. The lowest BCUT2D eigenvalue weighted by atomic mass is 9.48. The van der Waals surface area contributed by atoms with Crippen molar-refractivity contribution in [2.45, 2.75) is 56.9 Å². The lowest BCUT2D eigenvalue weighted by Gasteiger charge is -2.58. The van der Waals surface area contributed by atoms with Crippen molar-refractivity contribution in [2.24, 2.45) is 23.2 Å². The van der Waals surface area contributed by atoms with Crippen LogP contribution in [0.1, 0.15) is 49.7 Å². The van der Waals surface area contributed by atoms with Gasteiger partial charge in [0.15, 0.2) is 5.25 Å². The fraction of sp³-hybridized carbons (Fsp3) is 0.500. The summed E-state index contributed by atoms with van der Waals surface area (Å²) < 4.78 is 30.2. The molecule has 0 spiro atoms. The molecule has 4 aliphatic carbocycles. The van der Waals surface area contributed by atoms with Crippen LogP contribution in [0.4, 0.5) is 0 Å². The minimum atomic E-state index is -3.85. The first-order valence-corrected chi connectivity index (χ1v) is 13.3. The summed E-state index contributed by atoms with van der Waals surface area (Å²) in [6.07, 6.45) is 6.18. The Morgan fingerprint density at radius 2 is 1.28 bits per heavy atom. The van der Waals surface area contributed by atoms with Crippen molar-refractivity contribution >= 4 is 15.9 Å². The topological polar surface area (TPSA) is 75.3 Å². The number of benzene rings is 2. The molecule has 1 unspecified atom stereocenters. The SMILES string of the molecule is O=C(NCc1ccccc1)C(C12CC3CC(CC(C3)C1)C2)S(=O)(=O)NCc1ccccc1. The van der Waals surface area contributed by atoms with Crippen LogP contribution in [0.25, 0.3) is 0 Å². The molecular weight excluding hydrogens is 420 g/mol. The Morgan fingerprint density at radius 1 is 0.812 bits per heavy atom. The predicted octanol–water partition coefficient (Wildman–Crippen LogP) is 4.01. The van der Waals surface area contributed by atoms with Gasteiger partial charge in [0.25, 0.3) is 0 Å². The zero-order valence-electron chi connectivity index (χ0n) is 18.4. The molecule has 4 fully saturated rings. The monoisotopic (exact) mass is 452 g/mol. The number of sulfonamides is 1. The maximum atomic E-state index is 13.7. The highest BCUT2D eigenvalue weighted by Gasteiger charge is 2.59. The summed E-state index contributed by atoms with van der Waals surface area (Å²) in [7, 11) is -3.85. The van der Waals surface area contributed by atoms with Gasteiger partial charge in [0.1, 0.15) is 0 Å². The van der Waals surface area contributed by atoms with Gasteiger partial charge in [-0.3, -0.25) is 4.79 Å². The van der Waals surface area contributed by atoms with Crippen molar-refractivity contribution in [1.29, 1.82) is 0 Å². The molecule has 2 aromatic rings. The average molecular weight is 453 g/mol. The third kappa shape index (κ3) is 4.35. The Hall–Kier alpha value is -2.18. The van der Waals surface area contributed by atoms with Crippen LogP contribution in [0.5, 0.6) is 0 Å². The van der Waals surface area contributed by atoms with E-state index in [-0.39, 0.29) is 12.5 Å². The maximum Gasteiger partial charge on any atom is 0.240 e. The van der Waals surface area contributed by atoms with Gasteiger partial charge in [-0.15, -0.1) is 0 Å². The van der Waals surface area contributed by atoms with Crippen LogP contribution in [0.2, 0.25) is 0 Å². The van der Waals surface area contributed by atoms with Crippen molar-refractivity contribution in [2.75, 3.05) is 0 Å². The fourth-order valence-corrected chi connectivity index (χ4v) is 8.83. The summed E-state index contributed by atoms with van der Waals surface area (Å²) in [6.45, 7) is 0.550. The minimum Gasteiger partial charge on any atom is -0.351 e. The molecule has 4 saturated carbocycles. The molecule has 0 radical (unpaired) electrons. The Morgan fingerprint density at radius 3 is 1.78 bits per heavy atom. The van der Waals surface area contributed by atoms with Crippen molar-refractivity contribution in [3.63, 3.8) is 0 Å². The first-order chi connectivity index (χ1) is 15.4. The van der Waals surface area contributed by atoms with E-state index in [0.29, 0.717) is 24.3 Å². The maximum absolute atomic E-state index is 13.7. The van der Waals surface area contributed by atoms with Crippen molar-refractivity contribution in [1.82, 2.24) is 10.0 Å². The molecule has 5 nitrogen and oxygen atoms in total. The Bertz CT molecular complexity index is 1020. The standard InChI is InChI=1S/C26H32N2O3S/c29-25(27-17-19-7-3-1-4-8-19)24(32(30,31)28-18-20-9-5-2-6-10-20)26-14-21-11-22(15-26)13-23(12-21)16-26/h1-10,21-24,28H,11-18H2,(H,27,29). The van der Waals surface area contributed by atoms with Gasteiger partial charge < -0.3 is 5.32 Å². The second kappa shape index (κ2) is 8.64. The van der Waals surface area contributed by atoms with Gasteiger partial charge in [0, 0.05) is 13.1 Å². The number of amides is 1. The molecule has 170 valence electrons. The van der Waals surface area contributed by atoms with E-state index in [1.807, 2.05) is 60.7 Å². The highest BCUT2D eigenvalue weighted by molar-refractivity contribution is 7.90. The van der Waals surface area contributed by atoms with E-state index in [4.69, 9.17) is 0 Å². The predicted molar refractivity (Wildman–Crippen MR) is 125 cm³/mol. The van der Waals surface area contributed by atoms with E-state index >= 15 is 0 Å². The highest BCUT2D eigenvalue weighted by atomic mass is 32.2. The lowest BCUT2D eigenvalue weighted by Crippen LogP contribution is -2.60. The van der Waals surface area contributed by atoms with E-state index in [1.54, 1.807) is 0 Å². The summed E-state index contributed by atoms with van der Waals surface area (Å²) in [5, 5.41) is 1.92. The molecule has 0 aromatic heterocycles. The van der Waals surface area contributed by atoms with Gasteiger partial charge >= 0.3 is 0 Å². The van der Waals surface area contributed by atoms with Gasteiger partial charge in [0.05, 0.1) is 0 Å². The van der Waals surface area contributed by atoms with Crippen LogP contribution >= 0.6 is 0 Å². The van der Waals surface area contributed by atoms with E-state index in [2.05, 4.69) is 10.0 Å². The lowest BCUT2D eigenvalue weighted by molar-refractivity contribution is -0.128. The number of carbonyl (C=O) groups is 1. The van der Waals surface area contributed by atoms with Crippen molar-refractivity contribution < 1.29 is 13.2 Å². The Balaban J connectivity index is 1.41. The third-order valence-electron chi connectivity index (χ3n) is 7.82. The molecule has 4 aliphatic rings. The summed E-state index contributed by atoms with van der Waals surface area (Å²) in [5.41, 5.74) is 1.42.